The molecule has 1 atom stereocenters. The van der Waals surface area contributed by atoms with Crippen molar-refractivity contribution in [3.8, 4) is 17.2 Å². The zero-order valence-electron chi connectivity index (χ0n) is 30.3. The van der Waals surface area contributed by atoms with Crippen LogP contribution in [0.5, 0.6) is 17.2 Å². The lowest BCUT2D eigenvalue weighted by Crippen LogP contribution is -2.39. The largest absolute Gasteiger partial charge is 0.508 e. The molecule has 286 valence electrons. The monoisotopic (exact) mass is 767 g/mol. The number of amides is 2. The van der Waals surface area contributed by atoms with Crippen LogP contribution in [0.2, 0.25) is 5.02 Å². The summed E-state index contributed by atoms with van der Waals surface area (Å²) in [5.74, 6) is -1.15. The van der Waals surface area contributed by atoms with Gasteiger partial charge in [0.15, 0.2) is 5.84 Å². The van der Waals surface area contributed by atoms with Gasteiger partial charge in [0.2, 0.25) is 11.9 Å². The molecule has 3 N–H and O–H groups in total. The Bertz CT molecular complexity index is 1820. The Labute approximate surface area is 317 Å². The molecule has 53 heavy (non-hydrogen) atoms. The van der Waals surface area contributed by atoms with Gasteiger partial charge >= 0.3 is 0 Å². The summed E-state index contributed by atoms with van der Waals surface area (Å²) in [4.78, 5) is 26.1. The number of phenols is 1. The molecule has 12 nitrogen and oxygen atoms in total. The van der Waals surface area contributed by atoms with Crippen LogP contribution >= 0.6 is 11.6 Å². The Hall–Kier alpha value is -4.33. The highest BCUT2D eigenvalue weighted by molar-refractivity contribution is 7.86. The first-order chi connectivity index (χ1) is 25.6. The summed E-state index contributed by atoms with van der Waals surface area (Å²) in [6.07, 6.45) is 18.3. The number of aromatic hydroxyl groups is 1. The minimum atomic E-state index is -4.81. The van der Waals surface area contributed by atoms with E-state index in [4.69, 9.17) is 16.3 Å². The van der Waals surface area contributed by atoms with Crippen LogP contribution < -0.4 is 15.1 Å². The number of benzene rings is 3. The lowest BCUT2D eigenvalue weighted by Gasteiger charge is -2.15. The van der Waals surface area contributed by atoms with Gasteiger partial charge in [0.1, 0.15) is 27.8 Å². The zero-order chi connectivity index (χ0) is 38.1. The molecule has 0 aromatic heterocycles. The number of para-hydroxylation sites is 1. The van der Waals surface area contributed by atoms with Crippen molar-refractivity contribution in [1.82, 2.24) is 5.32 Å². The highest BCUT2D eigenvalue weighted by Gasteiger charge is 2.39. The van der Waals surface area contributed by atoms with E-state index in [0.717, 1.165) is 30.3 Å². The molecule has 0 saturated carbocycles. The third-order valence-corrected chi connectivity index (χ3v) is 9.99. The average molecular weight is 768 g/mol. The van der Waals surface area contributed by atoms with Gasteiger partial charge in [-0.25, -0.2) is 0 Å². The fourth-order valence-corrected chi connectivity index (χ4v) is 6.76. The lowest BCUT2D eigenvalue weighted by atomic mass is 10.0. The molecule has 3 aromatic carbocycles. The lowest BCUT2D eigenvalue weighted by molar-refractivity contribution is -0.119. The molecule has 0 aliphatic carbocycles. The summed E-state index contributed by atoms with van der Waals surface area (Å²) in [7, 11) is -4.81. The van der Waals surface area contributed by atoms with Crippen LogP contribution in [0.3, 0.4) is 0 Å². The maximum atomic E-state index is 13.7. The molecule has 0 spiro atoms. The van der Waals surface area contributed by atoms with Gasteiger partial charge in [-0.1, -0.05) is 127 Å². The van der Waals surface area contributed by atoms with Crippen molar-refractivity contribution in [2.45, 2.75) is 121 Å². The second kappa shape index (κ2) is 21.4. The topological polar surface area (TPSA) is 170 Å². The number of nitrogens with zero attached hydrogens (tertiary/aromatic N) is 4. The number of carbonyl (C=O) groups excluding carboxylic acids is 2. The maximum absolute atomic E-state index is 13.7. The second-order valence-corrected chi connectivity index (χ2v) is 15.0. The molecule has 1 heterocycles. The first-order valence-corrected chi connectivity index (χ1v) is 20.3. The SMILES string of the molecule is CCCCCCCCCCCCCCCCCC(=O)NC1=NN(c2ccc(Oc3ccccc3)c(S(=O)(=O)O)c2)C(=O)[C@H]1N=Nc1ccc(O)cc1Cl. The zero-order valence-corrected chi connectivity index (χ0v) is 31.8. The Morgan fingerprint density at radius 3 is 2.06 bits per heavy atom. The first-order valence-electron chi connectivity index (χ1n) is 18.5. The predicted molar refractivity (Wildman–Crippen MR) is 207 cm³/mol. The minimum absolute atomic E-state index is 0.0300. The van der Waals surface area contributed by atoms with Crippen LogP contribution in [0.4, 0.5) is 11.4 Å². The van der Waals surface area contributed by atoms with E-state index in [1.807, 2.05) is 0 Å². The number of hydrazone groups is 1. The number of carbonyl (C=O) groups is 2. The third kappa shape index (κ3) is 13.5. The molecule has 3 aromatic rings. The molecule has 0 fully saturated rings. The normalized spacial score (nSPS) is 14.5. The van der Waals surface area contributed by atoms with Crippen molar-refractivity contribution in [2.24, 2.45) is 15.3 Å². The Morgan fingerprint density at radius 1 is 0.868 bits per heavy atom. The van der Waals surface area contributed by atoms with E-state index in [1.165, 1.54) is 101 Å². The number of hydrogen-bond acceptors (Lipinski definition) is 9. The van der Waals surface area contributed by atoms with Crippen LogP contribution in [0.1, 0.15) is 110 Å². The van der Waals surface area contributed by atoms with E-state index in [-0.39, 0.29) is 46.1 Å². The molecule has 14 heteroatoms. The molecule has 0 bridgehead atoms. The summed E-state index contributed by atoms with van der Waals surface area (Å²) in [5, 5.41) is 25.8. The number of halogens is 1. The van der Waals surface area contributed by atoms with E-state index in [9.17, 15) is 27.7 Å². The van der Waals surface area contributed by atoms with Crippen LogP contribution in [-0.4, -0.2) is 41.8 Å². The molecular formula is C39H50ClN5O7S. The van der Waals surface area contributed by atoms with Gasteiger partial charge in [0.25, 0.3) is 16.0 Å². The van der Waals surface area contributed by atoms with Crippen molar-refractivity contribution < 1.29 is 32.4 Å². The fraction of sp³-hybridized carbons (Fsp3) is 0.462. The van der Waals surface area contributed by atoms with Crippen molar-refractivity contribution in [3.05, 3.63) is 71.8 Å². The average Bonchev–Trinajstić information content (AvgIpc) is 3.43. The summed E-state index contributed by atoms with van der Waals surface area (Å²) >= 11 is 6.18. The van der Waals surface area contributed by atoms with Crippen molar-refractivity contribution >= 4 is 50.7 Å². The quantitative estimate of drug-likeness (QED) is 0.0519. The molecule has 0 unspecified atom stereocenters. The third-order valence-electron chi connectivity index (χ3n) is 8.82. The van der Waals surface area contributed by atoms with Gasteiger partial charge in [-0.2, -0.15) is 23.7 Å². The Balaban J connectivity index is 1.36. The van der Waals surface area contributed by atoms with E-state index in [0.29, 0.717) is 12.2 Å². The van der Waals surface area contributed by atoms with Gasteiger partial charge in [-0.3, -0.25) is 14.1 Å². The standard InChI is InChI=1S/C39H50ClN5O7S/c1-2-3-4-5-6-7-8-9-10-11-12-13-14-15-19-22-36(47)41-38-37(43-42-33-25-24-30(46)28-32(33)40)39(48)45(44-38)29-23-26-34(35(27-29)53(49,50)51)52-31-20-17-16-18-21-31/h16-18,20-21,23-28,37,46H,2-15,19,22H2,1H3,(H,41,44,47)(H,49,50,51)/t37-/m0/s1. The van der Waals surface area contributed by atoms with Gasteiger partial charge in [-0.15, -0.1) is 5.10 Å². The number of hydrogen-bond donors (Lipinski definition) is 3. The highest BCUT2D eigenvalue weighted by Crippen LogP contribution is 2.35. The van der Waals surface area contributed by atoms with Crippen molar-refractivity contribution in [1.29, 1.82) is 0 Å². The summed E-state index contributed by atoms with van der Waals surface area (Å²) < 4.78 is 40.5. The molecule has 0 saturated heterocycles. The van der Waals surface area contributed by atoms with Gasteiger partial charge in [0.05, 0.1) is 10.7 Å². The molecule has 1 aliphatic rings. The summed E-state index contributed by atoms with van der Waals surface area (Å²) in [6.45, 7) is 2.24. The Morgan fingerprint density at radius 2 is 1.47 bits per heavy atom. The van der Waals surface area contributed by atoms with Crippen LogP contribution in [-0.2, 0) is 19.7 Å². The number of nitrogens with one attached hydrogen (secondary N) is 1. The van der Waals surface area contributed by atoms with Gasteiger partial charge in [0, 0.05) is 12.5 Å². The van der Waals surface area contributed by atoms with E-state index < -0.39 is 27.0 Å². The number of ether oxygens (including phenoxy) is 1. The first kappa shape index (κ1) is 41.4. The number of anilines is 1. The molecule has 2 amide bonds. The van der Waals surface area contributed by atoms with Crippen molar-refractivity contribution in [3.63, 3.8) is 0 Å². The van der Waals surface area contributed by atoms with E-state index >= 15 is 0 Å². The van der Waals surface area contributed by atoms with Gasteiger partial charge < -0.3 is 15.2 Å². The summed E-state index contributed by atoms with van der Waals surface area (Å²) in [6, 6.07) is 14.7. The number of amidine groups is 1. The highest BCUT2D eigenvalue weighted by atomic mass is 35.5. The maximum Gasteiger partial charge on any atom is 0.298 e. The molecular weight excluding hydrogens is 718 g/mol. The van der Waals surface area contributed by atoms with Crippen LogP contribution in [0.15, 0.2) is 87.0 Å². The number of phenolic OH excluding ortho intramolecular Hbond substituents is 1. The second-order valence-electron chi connectivity index (χ2n) is 13.2. The molecule has 4 rings (SSSR count). The van der Waals surface area contributed by atoms with Gasteiger partial charge in [-0.05, 0) is 48.9 Å². The van der Waals surface area contributed by atoms with Crippen LogP contribution in [0.25, 0.3) is 0 Å². The number of rotatable bonds is 22. The smallest absolute Gasteiger partial charge is 0.298 e. The number of unbranched alkanes of at least 4 members (excludes halogenated alkanes) is 14. The minimum Gasteiger partial charge on any atom is -0.508 e. The van der Waals surface area contributed by atoms with Crippen LogP contribution in [0, 0.1) is 0 Å². The number of azo groups is 1. The van der Waals surface area contributed by atoms with Crippen molar-refractivity contribution in [2.75, 3.05) is 5.01 Å². The van der Waals surface area contributed by atoms with E-state index in [2.05, 4.69) is 27.6 Å². The molecule has 1 aliphatic heterocycles. The summed E-state index contributed by atoms with van der Waals surface area (Å²) in [5.41, 5.74) is 0.132. The van der Waals surface area contributed by atoms with E-state index in [1.54, 1.807) is 30.3 Å². The molecule has 0 radical (unpaired) electrons. The predicted octanol–water partition coefficient (Wildman–Crippen LogP) is 10.3. The fourth-order valence-electron chi connectivity index (χ4n) is 5.92. The Kier molecular flexibility index (Phi) is 16.7.